The second kappa shape index (κ2) is 42.7. The lowest BCUT2D eigenvalue weighted by Gasteiger charge is -2.19. The van der Waals surface area contributed by atoms with E-state index in [-0.39, 0.29) is 26.1 Å². The summed E-state index contributed by atoms with van der Waals surface area (Å²) in [6.45, 7) is 3.80. The molecule has 2 N–H and O–H groups in total. The summed E-state index contributed by atoms with van der Waals surface area (Å²) in [4.78, 5) is 35.0. The number of phosphoric acid groups is 1. The molecule has 0 spiro atoms. The van der Waals surface area contributed by atoms with E-state index in [2.05, 4.69) is 135 Å². The van der Waals surface area contributed by atoms with Crippen molar-refractivity contribution in [1.82, 2.24) is 5.32 Å². The van der Waals surface area contributed by atoms with Gasteiger partial charge in [0, 0.05) is 19.4 Å². The van der Waals surface area contributed by atoms with E-state index in [0.29, 0.717) is 25.8 Å². The minimum absolute atomic E-state index is 0.0475. The maximum Gasteiger partial charge on any atom is 0.472 e. The normalized spacial score (nSPS) is 14.6. The van der Waals surface area contributed by atoms with E-state index in [1.165, 1.54) is 0 Å². The van der Waals surface area contributed by atoms with Crippen LogP contribution in [-0.4, -0.2) is 56.3 Å². The predicted octanol–water partition coefficient (Wildman–Crippen LogP) is 12.2. The fourth-order valence-electron chi connectivity index (χ4n) is 4.67. The summed E-state index contributed by atoms with van der Waals surface area (Å²) < 4.78 is 33.0. The van der Waals surface area contributed by atoms with E-state index in [1.807, 2.05) is 18.2 Å². The number of nitrogens with one attached hydrogen (secondary N) is 1. The van der Waals surface area contributed by atoms with Crippen molar-refractivity contribution in [3.8, 4) is 0 Å². The minimum atomic E-state index is -4.39. The van der Waals surface area contributed by atoms with Gasteiger partial charge in [0.25, 0.3) is 0 Å². The third kappa shape index (κ3) is 41.8. The van der Waals surface area contributed by atoms with E-state index in [9.17, 15) is 19.0 Å². The molecule has 2 atom stereocenters. The van der Waals surface area contributed by atoms with Crippen LogP contribution < -0.4 is 5.32 Å². The van der Waals surface area contributed by atoms with Crippen molar-refractivity contribution in [2.45, 2.75) is 123 Å². The molecule has 2 unspecified atom stereocenters. The molecule has 10 heteroatoms. The SMILES string of the molecule is CC/C=C\C/C=C\C/C=C\C/C=C\C/C=C\C/C=C\CCC(=O)OCC(COP(=O)(O)OCCNC)OC(=O)CCC/C=C\C/C=C\C/C=C\C/C=C\C/C=C\CC. The topological polar surface area (TPSA) is 120 Å². The van der Waals surface area contributed by atoms with Crippen molar-refractivity contribution in [3.63, 3.8) is 0 Å². The van der Waals surface area contributed by atoms with Gasteiger partial charge in [-0.3, -0.25) is 18.6 Å². The fourth-order valence-corrected chi connectivity index (χ4v) is 5.42. The van der Waals surface area contributed by atoms with Crippen LogP contribution in [0, 0.1) is 0 Å². The summed E-state index contributed by atoms with van der Waals surface area (Å²) in [6.07, 6.45) is 58.1. The van der Waals surface area contributed by atoms with Crippen LogP contribution in [0.2, 0.25) is 0 Å². The second-order valence-corrected chi connectivity index (χ2v) is 14.5. The monoisotopic (exact) mass is 824 g/mol. The van der Waals surface area contributed by atoms with Gasteiger partial charge in [-0.15, -0.1) is 0 Å². The second-order valence-electron chi connectivity index (χ2n) is 13.1. The first-order valence-corrected chi connectivity index (χ1v) is 22.6. The van der Waals surface area contributed by atoms with Crippen molar-refractivity contribution in [2.75, 3.05) is 33.4 Å². The van der Waals surface area contributed by atoms with Gasteiger partial charge in [0.2, 0.25) is 0 Å². The zero-order valence-corrected chi connectivity index (χ0v) is 36.6. The number of rotatable bonds is 37. The Morgan fingerprint density at radius 1 is 0.534 bits per heavy atom. The molecule has 0 radical (unpaired) electrons. The highest BCUT2D eigenvalue weighted by Crippen LogP contribution is 2.43. The van der Waals surface area contributed by atoms with Gasteiger partial charge < -0.3 is 19.7 Å². The smallest absolute Gasteiger partial charge is 0.462 e. The quantitative estimate of drug-likeness (QED) is 0.0273. The molecule has 0 saturated carbocycles. The summed E-state index contributed by atoms with van der Waals surface area (Å²) in [5, 5.41) is 2.80. The van der Waals surface area contributed by atoms with Gasteiger partial charge in [-0.25, -0.2) is 4.57 Å². The summed E-state index contributed by atoms with van der Waals surface area (Å²) in [5.74, 6) is -0.990. The van der Waals surface area contributed by atoms with Crippen LogP contribution in [0.15, 0.2) is 134 Å². The maximum absolute atomic E-state index is 12.6. The number of allylic oxidation sites excluding steroid dienone is 22. The molecule has 0 aliphatic heterocycles. The Kier molecular flexibility index (Phi) is 39.9. The lowest BCUT2D eigenvalue weighted by atomic mass is 10.2. The number of phosphoric ester groups is 1. The molecule has 0 aromatic heterocycles. The van der Waals surface area contributed by atoms with Gasteiger partial charge in [-0.2, -0.15) is 0 Å². The Labute approximate surface area is 351 Å². The number of carbonyl (C=O) groups excluding carboxylic acids is 2. The number of esters is 2. The van der Waals surface area contributed by atoms with Crippen LogP contribution in [0.25, 0.3) is 0 Å². The van der Waals surface area contributed by atoms with E-state index in [4.69, 9.17) is 18.5 Å². The number of likely N-dealkylation sites (N-methyl/N-ethyl adjacent to an activating group) is 1. The van der Waals surface area contributed by atoms with Crippen molar-refractivity contribution in [2.24, 2.45) is 0 Å². The van der Waals surface area contributed by atoms with Crippen molar-refractivity contribution < 1.29 is 37.6 Å². The number of ether oxygens (including phenoxy) is 2. The molecular formula is C48H74NO8P. The molecule has 0 aromatic rings. The third-order valence-corrected chi connectivity index (χ3v) is 8.76. The molecule has 0 aromatic carbocycles. The Morgan fingerprint density at radius 3 is 1.34 bits per heavy atom. The maximum atomic E-state index is 12.6. The number of hydrogen-bond donors (Lipinski definition) is 2. The molecule has 0 saturated heterocycles. The zero-order valence-electron chi connectivity index (χ0n) is 35.7. The first-order valence-electron chi connectivity index (χ1n) is 21.1. The van der Waals surface area contributed by atoms with Gasteiger partial charge >= 0.3 is 19.8 Å². The van der Waals surface area contributed by atoms with Crippen molar-refractivity contribution in [3.05, 3.63) is 134 Å². The fraction of sp³-hybridized carbons (Fsp3) is 0.500. The van der Waals surface area contributed by atoms with Crippen molar-refractivity contribution in [1.29, 1.82) is 0 Å². The van der Waals surface area contributed by atoms with Crippen LogP contribution in [0.3, 0.4) is 0 Å². The molecular weight excluding hydrogens is 750 g/mol. The Morgan fingerprint density at radius 2 is 0.931 bits per heavy atom. The number of unbranched alkanes of at least 4 members (excludes halogenated alkanes) is 1. The third-order valence-electron chi connectivity index (χ3n) is 7.78. The van der Waals surface area contributed by atoms with Crippen LogP contribution in [0.5, 0.6) is 0 Å². The standard InChI is InChI=1S/C48H74NO8P/c1-4-6-8-10-12-14-16-18-20-22-23-25-26-28-30-32-34-36-38-40-47(50)54-44-46(45-56-58(52,53)55-43-42-49-3)57-48(51)41-39-37-35-33-31-29-27-24-21-19-17-15-13-11-9-7-5-2/h6-9,12-15,18-21,23,25,27-30,33-36,46,49H,4-5,10-11,16-17,22,24,26,31-32,37-45H2,1-3H3,(H,52,53)/b8-6-,9-7-,14-12-,15-13-,20-18-,21-19-,25-23-,29-27-,30-28-,35-33-,36-34-. The average molecular weight is 824 g/mol. The summed E-state index contributed by atoms with van der Waals surface area (Å²) >= 11 is 0. The first kappa shape index (κ1) is 54.2. The van der Waals surface area contributed by atoms with Crippen molar-refractivity contribution >= 4 is 19.8 Å². The molecule has 0 amide bonds. The largest absolute Gasteiger partial charge is 0.472 e. The van der Waals surface area contributed by atoms with Gasteiger partial charge in [-0.05, 0) is 96.9 Å². The van der Waals surface area contributed by atoms with E-state index < -0.39 is 32.5 Å². The van der Waals surface area contributed by atoms with Crippen LogP contribution in [0.1, 0.15) is 117 Å². The van der Waals surface area contributed by atoms with Gasteiger partial charge in [0.15, 0.2) is 6.10 Å². The van der Waals surface area contributed by atoms with Crippen LogP contribution >= 0.6 is 7.82 Å². The molecule has 0 rings (SSSR count). The Balaban J connectivity index is 4.49. The molecule has 0 fully saturated rings. The lowest BCUT2D eigenvalue weighted by molar-refractivity contribution is -0.161. The summed E-state index contributed by atoms with van der Waals surface area (Å²) in [7, 11) is -2.71. The molecule has 0 bridgehead atoms. The molecule has 9 nitrogen and oxygen atoms in total. The zero-order chi connectivity index (χ0) is 42.5. The Bertz CT molecular complexity index is 1400. The summed E-state index contributed by atoms with van der Waals surface area (Å²) in [5.41, 5.74) is 0. The van der Waals surface area contributed by atoms with Gasteiger partial charge in [0.1, 0.15) is 6.61 Å². The average Bonchev–Trinajstić information content (AvgIpc) is 3.21. The van der Waals surface area contributed by atoms with Gasteiger partial charge in [0.05, 0.1) is 13.2 Å². The highest BCUT2D eigenvalue weighted by molar-refractivity contribution is 7.47. The van der Waals surface area contributed by atoms with E-state index in [1.54, 1.807) is 7.05 Å². The molecule has 0 aliphatic carbocycles. The Hall–Kier alpha value is -3.85. The predicted molar refractivity (Wildman–Crippen MR) is 242 cm³/mol. The molecule has 58 heavy (non-hydrogen) atoms. The minimum Gasteiger partial charge on any atom is -0.462 e. The van der Waals surface area contributed by atoms with Gasteiger partial charge in [-0.1, -0.05) is 148 Å². The van der Waals surface area contributed by atoms with E-state index in [0.717, 1.165) is 70.6 Å². The number of hydrogen-bond acceptors (Lipinski definition) is 8. The van der Waals surface area contributed by atoms with Crippen LogP contribution in [0.4, 0.5) is 0 Å². The number of carbonyl (C=O) groups is 2. The lowest BCUT2D eigenvalue weighted by Crippen LogP contribution is -2.29. The molecule has 0 aliphatic rings. The molecule has 324 valence electrons. The van der Waals surface area contributed by atoms with E-state index >= 15 is 0 Å². The van der Waals surface area contributed by atoms with Crippen LogP contribution in [-0.2, 0) is 32.7 Å². The highest BCUT2D eigenvalue weighted by atomic mass is 31.2. The summed E-state index contributed by atoms with van der Waals surface area (Å²) in [6, 6.07) is 0. The molecule has 0 heterocycles. The highest BCUT2D eigenvalue weighted by Gasteiger charge is 2.26. The first-order chi connectivity index (χ1) is 28.3.